The summed E-state index contributed by atoms with van der Waals surface area (Å²) in [5, 5.41) is 4.44. The van der Waals surface area contributed by atoms with Crippen molar-refractivity contribution in [2.45, 2.75) is 6.10 Å². The molecule has 0 unspecified atom stereocenters. The fraction of sp³-hybridized carbons (Fsp3) is 0.400. The molecule has 3 heterocycles. The summed E-state index contributed by atoms with van der Waals surface area (Å²) in [7, 11) is 1.68. The van der Waals surface area contributed by atoms with Crippen LogP contribution in [-0.2, 0) is 4.84 Å². The van der Waals surface area contributed by atoms with Gasteiger partial charge in [0.05, 0.1) is 13.0 Å². The Hall–Kier alpha value is -2.83. The highest BCUT2D eigenvalue weighted by Crippen LogP contribution is 2.36. The predicted octanol–water partition coefficient (Wildman–Crippen LogP) is 3.14. The van der Waals surface area contributed by atoms with Crippen molar-refractivity contribution in [2.75, 3.05) is 53.0 Å². The van der Waals surface area contributed by atoms with Crippen molar-refractivity contribution in [1.29, 1.82) is 0 Å². The van der Waals surface area contributed by atoms with Gasteiger partial charge in [0.15, 0.2) is 6.10 Å². The van der Waals surface area contributed by atoms with Crippen LogP contribution in [0.3, 0.4) is 0 Å². The number of piperazine rings is 1. The molecule has 3 aliphatic heterocycles. The third kappa shape index (κ3) is 4.45. The fourth-order valence-corrected chi connectivity index (χ4v) is 4.49. The lowest BCUT2D eigenvalue weighted by atomic mass is 9.90. The zero-order chi connectivity index (χ0) is 21.0. The van der Waals surface area contributed by atoms with E-state index in [-0.39, 0.29) is 12.0 Å². The number of rotatable bonds is 6. The maximum Gasteiger partial charge on any atom is 0.151 e. The first-order chi connectivity index (χ1) is 15.3. The summed E-state index contributed by atoms with van der Waals surface area (Å²) in [6.45, 7) is 6.73. The minimum Gasteiger partial charge on any atom is -0.497 e. The highest BCUT2D eigenvalue weighted by Gasteiger charge is 2.41. The molecule has 6 heteroatoms. The number of nitrogens with zero attached hydrogens (tertiary/aromatic N) is 3. The lowest BCUT2D eigenvalue weighted by molar-refractivity contribution is 0.0103. The first-order valence-corrected chi connectivity index (χ1v) is 11.0. The van der Waals surface area contributed by atoms with E-state index in [4.69, 9.17) is 14.3 Å². The molecule has 0 aliphatic carbocycles. The summed E-state index contributed by atoms with van der Waals surface area (Å²) in [5.74, 6) is 1.84. The van der Waals surface area contributed by atoms with E-state index in [0.717, 1.165) is 62.0 Å². The third-order valence-corrected chi connectivity index (χ3v) is 6.34. The number of benzene rings is 2. The Morgan fingerprint density at radius 1 is 1.06 bits per heavy atom. The van der Waals surface area contributed by atoms with Crippen LogP contribution in [0, 0.1) is 5.92 Å². The summed E-state index contributed by atoms with van der Waals surface area (Å²) in [6, 6.07) is 16.3. The minimum absolute atomic E-state index is 0.0406. The minimum atomic E-state index is 0.0406. The summed E-state index contributed by atoms with van der Waals surface area (Å²) >= 11 is 0. The van der Waals surface area contributed by atoms with Gasteiger partial charge in [0.2, 0.25) is 0 Å². The van der Waals surface area contributed by atoms with Crippen LogP contribution in [0.15, 0.2) is 59.8 Å². The number of fused-ring (bicyclic) bond motifs is 3. The first kappa shape index (κ1) is 20.1. The molecule has 0 saturated carbocycles. The Kier molecular flexibility index (Phi) is 5.91. The van der Waals surface area contributed by atoms with E-state index in [9.17, 15) is 0 Å². The summed E-state index contributed by atoms with van der Waals surface area (Å²) in [4.78, 5) is 10.9. The van der Waals surface area contributed by atoms with Gasteiger partial charge in [0, 0.05) is 44.8 Å². The van der Waals surface area contributed by atoms with Gasteiger partial charge in [-0.25, -0.2) is 0 Å². The number of hydrogen-bond donors (Lipinski definition) is 0. The van der Waals surface area contributed by atoms with Crippen molar-refractivity contribution in [3.63, 3.8) is 0 Å². The van der Waals surface area contributed by atoms with E-state index >= 15 is 0 Å². The smallest absolute Gasteiger partial charge is 0.151 e. The molecule has 2 atom stereocenters. The van der Waals surface area contributed by atoms with Crippen molar-refractivity contribution in [1.82, 2.24) is 9.80 Å². The van der Waals surface area contributed by atoms with E-state index in [1.165, 1.54) is 5.56 Å². The van der Waals surface area contributed by atoms with E-state index in [1.54, 1.807) is 7.11 Å². The van der Waals surface area contributed by atoms with Crippen molar-refractivity contribution in [3.05, 3.63) is 65.7 Å². The van der Waals surface area contributed by atoms with Crippen molar-refractivity contribution < 1.29 is 14.3 Å². The van der Waals surface area contributed by atoms with Crippen LogP contribution >= 0.6 is 0 Å². The topological polar surface area (TPSA) is 46.5 Å². The van der Waals surface area contributed by atoms with Gasteiger partial charge in [-0.05, 0) is 23.8 Å². The standard InChI is InChI=1S/C25H29N3O3/c1-29-20-9-10-23-21(16-20)25-22(18-30-23)24(31-26-25)17-28-14-12-27(13-15-28)11-5-8-19-6-3-2-4-7-19/h2-10,16,22,24H,11-15,17-18H2,1H3/b8-5+/t22-,24-/m0/s1. The van der Waals surface area contributed by atoms with Gasteiger partial charge in [-0.1, -0.05) is 47.6 Å². The number of methoxy groups -OCH3 is 1. The highest BCUT2D eigenvalue weighted by molar-refractivity contribution is 6.06. The van der Waals surface area contributed by atoms with Crippen molar-refractivity contribution in [3.8, 4) is 11.5 Å². The first-order valence-electron chi connectivity index (χ1n) is 11.0. The highest BCUT2D eigenvalue weighted by atomic mass is 16.6. The second-order valence-corrected chi connectivity index (χ2v) is 8.31. The number of hydrogen-bond acceptors (Lipinski definition) is 6. The molecule has 3 aliphatic rings. The van der Waals surface area contributed by atoms with E-state index in [2.05, 4.69) is 51.4 Å². The zero-order valence-electron chi connectivity index (χ0n) is 17.9. The fourth-order valence-electron chi connectivity index (χ4n) is 4.49. The van der Waals surface area contributed by atoms with Crippen molar-refractivity contribution >= 4 is 11.8 Å². The monoisotopic (exact) mass is 419 g/mol. The Morgan fingerprint density at radius 3 is 2.68 bits per heavy atom. The molecule has 2 aromatic carbocycles. The Morgan fingerprint density at radius 2 is 1.87 bits per heavy atom. The molecule has 0 N–H and O–H groups in total. The quantitative estimate of drug-likeness (QED) is 0.720. The van der Waals surface area contributed by atoms with Crippen LogP contribution in [0.5, 0.6) is 11.5 Å². The average molecular weight is 420 g/mol. The normalized spacial score (nSPS) is 23.6. The van der Waals surface area contributed by atoms with Gasteiger partial charge in [0.1, 0.15) is 23.8 Å². The van der Waals surface area contributed by atoms with E-state index in [1.807, 2.05) is 24.3 Å². The maximum atomic E-state index is 6.00. The van der Waals surface area contributed by atoms with Crippen LogP contribution in [0.1, 0.15) is 11.1 Å². The maximum absolute atomic E-state index is 6.00. The van der Waals surface area contributed by atoms with Gasteiger partial charge < -0.3 is 14.3 Å². The van der Waals surface area contributed by atoms with Gasteiger partial charge in [-0.2, -0.15) is 0 Å². The SMILES string of the molecule is COc1ccc2c(c1)C1=NO[C@@H](CN3CCN(C/C=C/c4ccccc4)CC3)[C@@H]1CO2. The van der Waals surface area contributed by atoms with Gasteiger partial charge in [-0.3, -0.25) is 9.80 Å². The van der Waals surface area contributed by atoms with Crippen LogP contribution in [0.25, 0.3) is 6.08 Å². The number of ether oxygens (including phenoxy) is 2. The molecule has 0 bridgehead atoms. The van der Waals surface area contributed by atoms with Crippen molar-refractivity contribution in [2.24, 2.45) is 11.1 Å². The molecule has 0 radical (unpaired) electrons. The molecule has 162 valence electrons. The summed E-state index contributed by atoms with van der Waals surface area (Å²) in [5.41, 5.74) is 3.24. The second-order valence-electron chi connectivity index (χ2n) is 8.31. The Labute approximate surface area is 183 Å². The zero-order valence-corrected chi connectivity index (χ0v) is 17.9. The molecule has 1 saturated heterocycles. The largest absolute Gasteiger partial charge is 0.497 e. The lowest BCUT2D eigenvalue weighted by Gasteiger charge is -2.36. The molecule has 5 rings (SSSR count). The summed E-state index contributed by atoms with van der Waals surface area (Å²) in [6.07, 6.45) is 4.50. The molecule has 1 fully saturated rings. The molecule has 0 spiro atoms. The van der Waals surface area contributed by atoms with E-state index in [0.29, 0.717) is 6.61 Å². The van der Waals surface area contributed by atoms with Crippen LogP contribution in [-0.4, -0.2) is 74.6 Å². The van der Waals surface area contributed by atoms with Crippen LogP contribution in [0.4, 0.5) is 0 Å². The van der Waals surface area contributed by atoms with E-state index < -0.39 is 0 Å². The van der Waals surface area contributed by atoms with Gasteiger partial charge in [0.25, 0.3) is 0 Å². The predicted molar refractivity (Wildman–Crippen MR) is 122 cm³/mol. The van der Waals surface area contributed by atoms with Gasteiger partial charge in [-0.15, -0.1) is 0 Å². The Balaban J connectivity index is 1.12. The van der Waals surface area contributed by atoms with Crippen LogP contribution < -0.4 is 9.47 Å². The molecular weight excluding hydrogens is 390 g/mol. The molecule has 31 heavy (non-hydrogen) atoms. The Bertz CT molecular complexity index is 952. The second kappa shape index (κ2) is 9.12. The van der Waals surface area contributed by atoms with Gasteiger partial charge >= 0.3 is 0 Å². The van der Waals surface area contributed by atoms with Crippen LogP contribution in [0.2, 0.25) is 0 Å². The summed E-state index contributed by atoms with van der Waals surface area (Å²) < 4.78 is 11.4. The molecule has 2 aromatic rings. The average Bonchev–Trinajstić information content (AvgIpc) is 3.24. The number of oxime groups is 1. The third-order valence-electron chi connectivity index (χ3n) is 6.34. The molecule has 0 aromatic heterocycles. The molecular formula is C25H29N3O3. The molecule has 0 amide bonds. The lowest BCUT2D eigenvalue weighted by Crippen LogP contribution is -2.50. The molecule has 6 nitrogen and oxygen atoms in total.